The van der Waals surface area contributed by atoms with Gasteiger partial charge in [0.1, 0.15) is 5.82 Å². The van der Waals surface area contributed by atoms with Crippen LogP contribution in [0.3, 0.4) is 0 Å². The molecule has 1 saturated heterocycles. The molecule has 2 atom stereocenters. The van der Waals surface area contributed by atoms with Crippen LogP contribution in [0.25, 0.3) is 10.9 Å². The maximum Gasteiger partial charge on any atom is 0.132 e. The Bertz CT molecular complexity index is 673. The number of benzene rings is 1. The van der Waals surface area contributed by atoms with Gasteiger partial charge in [0.15, 0.2) is 0 Å². The number of pyridine rings is 1. The molecule has 4 rings (SSSR count). The van der Waals surface area contributed by atoms with Crippen molar-refractivity contribution < 1.29 is 9.13 Å². The zero-order valence-electron chi connectivity index (χ0n) is 12.7. The molecule has 1 aliphatic carbocycles. The highest BCUT2D eigenvalue weighted by Crippen LogP contribution is 2.30. The number of ether oxygens (including phenoxy) is 1. The Hall–Kier alpha value is -1.52. The third-order valence-corrected chi connectivity index (χ3v) is 5.02. The van der Waals surface area contributed by atoms with Gasteiger partial charge in [0.05, 0.1) is 18.2 Å². The van der Waals surface area contributed by atoms with E-state index >= 15 is 0 Å². The number of nitrogens with zero attached hydrogens (tertiary/aromatic N) is 2. The van der Waals surface area contributed by atoms with Gasteiger partial charge >= 0.3 is 0 Å². The fourth-order valence-corrected chi connectivity index (χ4v) is 3.92. The Morgan fingerprint density at radius 2 is 2.14 bits per heavy atom. The van der Waals surface area contributed by atoms with Crippen LogP contribution in [0.1, 0.15) is 31.2 Å². The summed E-state index contributed by atoms with van der Waals surface area (Å²) in [4.78, 5) is 6.92. The Kier molecular flexibility index (Phi) is 3.80. The van der Waals surface area contributed by atoms with Crippen LogP contribution in [0.5, 0.6) is 0 Å². The summed E-state index contributed by atoms with van der Waals surface area (Å²) in [6.07, 6.45) is 7.05. The molecule has 1 aromatic carbocycles. The second-order valence-electron chi connectivity index (χ2n) is 6.34. The molecule has 116 valence electrons. The topological polar surface area (TPSA) is 25.4 Å². The standard InChI is InChI=1S/C18H21FN2O/c19-15-8-7-13(18-14(15)4-3-9-20-18)12-21-10-11-22-17-6-2-1-5-16(17)21/h3-4,7-9,16-17H,1-2,5-6,10-12H2/t16-,17+/m1/s1. The molecule has 2 aliphatic rings. The molecule has 0 N–H and O–H groups in total. The van der Waals surface area contributed by atoms with Crippen LogP contribution in [0, 0.1) is 5.82 Å². The molecule has 3 nitrogen and oxygen atoms in total. The van der Waals surface area contributed by atoms with E-state index in [0.717, 1.165) is 30.8 Å². The number of aromatic nitrogens is 1. The van der Waals surface area contributed by atoms with Gasteiger partial charge in [-0.3, -0.25) is 9.88 Å². The van der Waals surface area contributed by atoms with Gasteiger partial charge < -0.3 is 4.74 Å². The van der Waals surface area contributed by atoms with E-state index in [1.54, 1.807) is 18.3 Å². The van der Waals surface area contributed by atoms with E-state index in [1.807, 2.05) is 12.1 Å². The first-order valence-electron chi connectivity index (χ1n) is 8.21. The number of morpholine rings is 1. The predicted octanol–water partition coefficient (Wildman–Crippen LogP) is 3.52. The van der Waals surface area contributed by atoms with Crippen LogP contribution in [-0.4, -0.2) is 35.2 Å². The zero-order chi connectivity index (χ0) is 14.9. The molecule has 0 amide bonds. The lowest BCUT2D eigenvalue weighted by Gasteiger charge is -2.44. The molecule has 4 heteroatoms. The van der Waals surface area contributed by atoms with E-state index in [-0.39, 0.29) is 5.82 Å². The van der Waals surface area contributed by atoms with Crippen molar-refractivity contribution in [1.82, 2.24) is 9.88 Å². The van der Waals surface area contributed by atoms with Crippen LogP contribution in [-0.2, 0) is 11.3 Å². The van der Waals surface area contributed by atoms with Crippen molar-refractivity contribution in [3.8, 4) is 0 Å². The SMILES string of the molecule is Fc1ccc(CN2CCO[C@H]3CCCC[C@H]32)c2ncccc12. The smallest absolute Gasteiger partial charge is 0.132 e. The van der Waals surface area contributed by atoms with Gasteiger partial charge in [0, 0.05) is 30.7 Å². The minimum Gasteiger partial charge on any atom is -0.375 e. The Labute approximate surface area is 130 Å². The van der Waals surface area contributed by atoms with Crippen LogP contribution in [0.15, 0.2) is 30.5 Å². The van der Waals surface area contributed by atoms with E-state index in [0.29, 0.717) is 17.5 Å². The molecule has 1 aromatic heterocycles. The Balaban J connectivity index is 1.64. The summed E-state index contributed by atoms with van der Waals surface area (Å²) in [5.74, 6) is -0.190. The molecule has 1 saturated carbocycles. The van der Waals surface area contributed by atoms with Gasteiger partial charge in [0.25, 0.3) is 0 Å². The summed E-state index contributed by atoms with van der Waals surface area (Å²) >= 11 is 0. The summed E-state index contributed by atoms with van der Waals surface area (Å²) in [6, 6.07) is 7.56. The Morgan fingerprint density at radius 1 is 1.23 bits per heavy atom. The van der Waals surface area contributed by atoms with Crippen molar-refractivity contribution in [1.29, 1.82) is 0 Å². The lowest BCUT2D eigenvalue weighted by Crippen LogP contribution is -2.52. The molecule has 0 radical (unpaired) electrons. The van der Waals surface area contributed by atoms with Gasteiger partial charge in [-0.25, -0.2) is 4.39 Å². The molecule has 2 heterocycles. The summed E-state index contributed by atoms with van der Waals surface area (Å²) in [5, 5.41) is 0.619. The van der Waals surface area contributed by atoms with Gasteiger partial charge in [-0.05, 0) is 36.6 Å². The van der Waals surface area contributed by atoms with Crippen molar-refractivity contribution in [2.45, 2.75) is 44.4 Å². The molecule has 0 unspecified atom stereocenters. The van der Waals surface area contributed by atoms with E-state index < -0.39 is 0 Å². The average molecular weight is 300 g/mol. The van der Waals surface area contributed by atoms with Gasteiger partial charge in [-0.15, -0.1) is 0 Å². The quantitative estimate of drug-likeness (QED) is 0.848. The number of fused-ring (bicyclic) bond motifs is 2. The van der Waals surface area contributed by atoms with E-state index in [2.05, 4.69) is 9.88 Å². The monoisotopic (exact) mass is 300 g/mol. The first kappa shape index (κ1) is 14.1. The van der Waals surface area contributed by atoms with Crippen molar-refractivity contribution in [2.24, 2.45) is 0 Å². The minimum absolute atomic E-state index is 0.190. The van der Waals surface area contributed by atoms with Crippen molar-refractivity contribution in [3.05, 3.63) is 41.8 Å². The fourth-order valence-electron chi connectivity index (χ4n) is 3.92. The molecule has 2 fully saturated rings. The second-order valence-corrected chi connectivity index (χ2v) is 6.34. The Morgan fingerprint density at radius 3 is 3.09 bits per heavy atom. The average Bonchev–Trinajstić information content (AvgIpc) is 2.58. The number of hydrogen-bond acceptors (Lipinski definition) is 3. The summed E-state index contributed by atoms with van der Waals surface area (Å²) in [5.41, 5.74) is 1.91. The highest BCUT2D eigenvalue weighted by atomic mass is 19.1. The molecule has 1 aliphatic heterocycles. The maximum absolute atomic E-state index is 13.9. The summed E-state index contributed by atoms with van der Waals surface area (Å²) < 4.78 is 19.9. The van der Waals surface area contributed by atoms with Crippen LogP contribution in [0.2, 0.25) is 0 Å². The first-order chi connectivity index (χ1) is 10.8. The fraction of sp³-hybridized carbons (Fsp3) is 0.500. The highest BCUT2D eigenvalue weighted by molar-refractivity contribution is 5.82. The predicted molar refractivity (Wildman–Crippen MR) is 84.1 cm³/mol. The lowest BCUT2D eigenvalue weighted by atomic mass is 9.90. The van der Waals surface area contributed by atoms with Gasteiger partial charge in [-0.2, -0.15) is 0 Å². The molecule has 0 spiro atoms. The van der Waals surface area contributed by atoms with Crippen molar-refractivity contribution in [3.63, 3.8) is 0 Å². The van der Waals surface area contributed by atoms with Crippen molar-refractivity contribution in [2.75, 3.05) is 13.2 Å². The number of rotatable bonds is 2. The zero-order valence-corrected chi connectivity index (χ0v) is 12.7. The van der Waals surface area contributed by atoms with E-state index in [1.165, 1.54) is 25.7 Å². The van der Waals surface area contributed by atoms with Crippen LogP contribution >= 0.6 is 0 Å². The largest absolute Gasteiger partial charge is 0.375 e. The van der Waals surface area contributed by atoms with Crippen LogP contribution < -0.4 is 0 Å². The highest BCUT2D eigenvalue weighted by Gasteiger charge is 2.34. The summed E-state index contributed by atoms with van der Waals surface area (Å²) in [7, 11) is 0. The molecule has 2 aromatic rings. The molecule has 0 bridgehead atoms. The number of halogens is 1. The van der Waals surface area contributed by atoms with Gasteiger partial charge in [0.2, 0.25) is 0 Å². The van der Waals surface area contributed by atoms with Gasteiger partial charge in [-0.1, -0.05) is 18.9 Å². The van der Waals surface area contributed by atoms with Crippen LogP contribution in [0.4, 0.5) is 4.39 Å². The van der Waals surface area contributed by atoms with E-state index in [9.17, 15) is 4.39 Å². The molecular weight excluding hydrogens is 279 g/mol. The maximum atomic E-state index is 13.9. The number of hydrogen-bond donors (Lipinski definition) is 0. The van der Waals surface area contributed by atoms with E-state index in [4.69, 9.17) is 4.74 Å². The first-order valence-corrected chi connectivity index (χ1v) is 8.21. The molecule has 22 heavy (non-hydrogen) atoms. The molecular formula is C18H21FN2O. The second kappa shape index (κ2) is 5.94. The normalized spacial score (nSPS) is 26.0. The summed E-state index contributed by atoms with van der Waals surface area (Å²) in [6.45, 7) is 2.58. The minimum atomic E-state index is -0.190. The third kappa shape index (κ3) is 2.50. The van der Waals surface area contributed by atoms with Crippen molar-refractivity contribution >= 4 is 10.9 Å². The third-order valence-electron chi connectivity index (χ3n) is 5.02. The lowest BCUT2D eigenvalue weighted by molar-refractivity contribution is -0.0910.